The van der Waals surface area contributed by atoms with Gasteiger partial charge in [-0.3, -0.25) is 0 Å². The Morgan fingerprint density at radius 3 is 2.80 bits per heavy atom. The molecule has 1 unspecified atom stereocenters. The molecule has 1 aromatic carbocycles. The van der Waals surface area contributed by atoms with Gasteiger partial charge in [0.1, 0.15) is 11.9 Å². The lowest BCUT2D eigenvalue weighted by atomic mass is 9.99. The topological polar surface area (TPSA) is 20.2 Å². The van der Waals surface area contributed by atoms with Crippen LogP contribution in [-0.2, 0) is 0 Å². The molecule has 2 rings (SSSR count). The van der Waals surface area contributed by atoms with Gasteiger partial charge in [-0.25, -0.2) is 4.39 Å². The number of halogens is 1. The molecule has 0 amide bonds. The van der Waals surface area contributed by atoms with Gasteiger partial charge in [0, 0.05) is 5.56 Å². The highest BCUT2D eigenvalue weighted by Crippen LogP contribution is 2.31. The lowest BCUT2D eigenvalue weighted by Crippen LogP contribution is -2.03. The number of allylic oxidation sites excluding steroid dienone is 1. The molecule has 0 radical (unpaired) electrons. The van der Waals surface area contributed by atoms with Crippen LogP contribution in [-0.4, -0.2) is 5.11 Å². The molecule has 1 aromatic rings. The van der Waals surface area contributed by atoms with Crippen LogP contribution in [0.1, 0.15) is 36.5 Å². The Hall–Kier alpha value is -1.15. The molecule has 1 N–H and O–H groups in total. The Balaban J connectivity index is 2.28. The molecule has 0 saturated carbocycles. The minimum atomic E-state index is -0.756. The van der Waals surface area contributed by atoms with Crippen molar-refractivity contribution in [2.24, 2.45) is 0 Å². The van der Waals surface area contributed by atoms with Gasteiger partial charge in [-0.15, -0.1) is 0 Å². The average molecular weight is 206 g/mol. The minimum Gasteiger partial charge on any atom is -0.384 e. The first-order valence-electron chi connectivity index (χ1n) is 5.31. The Morgan fingerprint density at radius 1 is 1.40 bits per heavy atom. The van der Waals surface area contributed by atoms with Crippen LogP contribution in [0.5, 0.6) is 0 Å². The molecular formula is C13H15FO. The van der Waals surface area contributed by atoms with E-state index in [-0.39, 0.29) is 5.82 Å². The molecule has 1 nitrogen and oxygen atoms in total. The van der Waals surface area contributed by atoms with Gasteiger partial charge in [-0.1, -0.05) is 18.2 Å². The highest BCUT2D eigenvalue weighted by atomic mass is 19.1. The van der Waals surface area contributed by atoms with E-state index in [0.717, 1.165) is 30.4 Å². The van der Waals surface area contributed by atoms with E-state index in [2.05, 4.69) is 0 Å². The van der Waals surface area contributed by atoms with E-state index in [4.69, 9.17) is 0 Å². The van der Waals surface area contributed by atoms with Crippen LogP contribution in [0.25, 0.3) is 0 Å². The maximum atomic E-state index is 13.6. The average Bonchev–Trinajstić information content (AvgIpc) is 2.69. The van der Waals surface area contributed by atoms with Crippen LogP contribution in [0.2, 0.25) is 0 Å². The molecular weight excluding hydrogens is 191 g/mol. The van der Waals surface area contributed by atoms with Crippen molar-refractivity contribution in [2.45, 2.75) is 32.3 Å². The SMILES string of the molecule is Cc1ccc(C(O)C2=CCCC2)c(F)c1. The third-order valence-corrected chi connectivity index (χ3v) is 2.88. The van der Waals surface area contributed by atoms with Crippen LogP contribution >= 0.6 is 0 Å². The number of aliphatic hydroxyl groups is 1. The van der Waals surface area contributed by atoms with Gasteiger partial charge < -0.3 is 5.11 Å². The van der Waals surface area contributed by atoms with E-state index in [1.807, 2.05) is 19.1 Å². The quantitative estimate of drug-likeness (QED) is 0.736. The van der Waals surface area contributed by atoms with Crippen LogP contribution in [0.3, 0.4) is 0 Å². The smallest absolute Gasteiger partial charge is 0.129 e. The van der Waals surface area contributed by atoms with Gasteiger partial charge in [-0.2, -0.15) is 0 Å². The Labute approximate surface area is 89.3 Å². The van der Waals surface area contributed by atoms with E-state index in [1.54, 1.807) is 6.07 Å². The summed E-state index contributed by atoms with van der Waals surface area (Å²) in [7, 11) is 0. The van der Waals surface area contributed by atoms with Gasteiger partial charge in [0.25, 0.3) is 0 Å². The summed E-state index contributed by atoms with van der Waals surface area (Å²) in [5, 5.41) is 9.98. The molecule has 0 spiro atoms. The molecule has 1 aliphatic rings. The van der Waals surface area contributed by atoms with Gasteiger partial charge in [0.15, 0.2) is 0 Å². The molecule has 80 valence electrons. The minimum absolute atomic E-state index is 0.310. The zero-order valence-electron chi connectivity index (χ0n) is 8.83. The molecule has 1 atom stereocenters. The van der Waals surface area contributed by atoms with Crippen molar-refractivity contribution >= 4 is 0 Å². The van der Waals surface area contributed by atoms with Gasteiger partial charge in [0.05, 0.1) is 0 Å². The number of rotatable bonds is 2. The standard InChI is InChI=1S/C13H15FO/c1-9-6-7-11(12(14)8-9)13(15)10-4-2-3-5-10/h4,6-8,13,15H,2-3,5H2,1H3. The molecule has 0 aliphatic heterocycles. The van der Waals surface area contributed by atoms with Crippen LogP contribution in [0.15, 0.2) is 29.8 Å². The van der Waals surface area contributed by atoms with E-state index < -0.39 is 6.10 Å². The van der Waals surface area contributed by atoms with Crippen molar-refractivity contribution in [3.63, 3.8) is 0 Å². The predicted molar refractivity (Wildman–Crippen MR) is 58.0 cm³/mol. The number of aliphatic hydroxyl groups excluding tert-OH is 1. The molecule has 0 saturated heterocycles. The van der Waals surface area contributed by atoms with E-state index >= 15 is 0 Å². The first kappa shape index (κ1) is 10.4. The summed E-state index contributed by atoms with van der Waals surface area (Å²) in [4.78, 5) is 0. The fourth-order valence-electron chi connectivity index (χ4n) is 2.00. The van der Waals surface area contributed by atoms with Gasteiger partial charge >= 0.3 is 0 Å². The van der Waals surface area contributed by atoms with Crippen LogP contribution in [0.4, 0.5) is 4.39 Å². The lowest BCUT2D eigenvalue weighted by Gasteiger charge is -2.13. The highest BCUT2D eigenvalue weighted by Gasteiger charge is 2.19. The molecule has 15 heavy (non-hydrogen) atoms. The number of benzene rings is 1. The Kier molecular flexibility index (Phi) is 2.87. The van der Waals surface area contributed by atoms with Crippen LogP contribution < -0.4 is 0 Å². The zero-order chi connectivity index (χ0) is 10.8. The molecule has 1 aliphatic carbocycles. The van der Waals surface area contributed by atoms with Crippen molar-refractivity contribution in [2.75, 3.05) is 0 Å². The largest absolute Gasteiger partial charge is 0.384 e. The second-order valence-corrected chi connectivity index (χ2v) is 4.10. The zero-order valence-corrected chi connectivity index (χ0v) is 8.83. The molecule has 0 heterocycles. The summed E-state index contributed by atoms with van der Waals surface area (Å²) in [6.45, 7) is 1.84. The second kappa shape index (κ2) is 4.15. The molecule has 0 bridgehead atoms. The van der Waals surface area contributed by atoms with Crippen LogP contribution in [0, 0.1) is 12.7 Å². The monoisotopic (exact) mass is 206 g/mol. The summed E-state index contributed by atoms with van der Waals surface area (Å²) in [5.74, 6) is -0.310. The van der Waals surface area contributed by atoms with E-state index in [9.17, 15) is 9.50 Å². The predicted octanol–water partition coefficient (Wildman–Crippen LogP) is 3.28. The molecule has 2 heteroatoms. The Morgan fingerprint density at radius 2 is 2.20 bits per heavy atom. The second-order valence-electron chi connectivity index (χ2n) is 4.10. The van der Waals surface area contributed by atoms with Crippen molar-refractivity contribution < 1.29 is 9.50 Å². The number of hydrogen-bond donors (Lipinski definition) is 1. The maximum Gasteiger partial charge on any atom is 0.129 e. The van der Waals surface area contributed by atoms with Crippen molar-refractivity contribution in [3.8, 4) is 0 Å². The van der Waals surface area contributed by atoms with E-state index in [1.165, 1.54) is 6.07 Å². The third kappa shape index (κ3) is 2.10. The molecule has 0 fully saturated rings. The van der Waals surface area contributed by atoms with Crippen molar-refractivity contribution in [1.82, 2.24) is 0 Å². The van der Waals surface area contributed by atoms with E-state index in [0.29, 0.717) is 5.56 Å². The third-order valence-electron chi connectivity index (χ3n) is 2.88. The van der Waals surface area contributed by atoms with Crippen molar-refractivity contribution in [3.05, 3.63) is 46.8 Å². The lowest BCUT2D eigenvalue weighted by molar-refractivity contribution is 0.207. The summed E-state index contributed by atoms with van der Waals surface area (Å²) < 4.78 is 13.6. The molecule has 0 aromatic heterocycles. The normalized spacial score (nSPS) is 17.7. The fourth-order valence-corrected chi connectivity index (χ4v) is 2.00. The maximum absolute atomic E-state index is 13.6. The number of aryl methyl sites for hydroxylation is 1. The first-order valence-corrected chi connectivity index (χ1v) is 5.31. The first-order chi connectivity index (χ1) is 7.18. The van der Waals surface area contributed by atoms with Gasteiger partial charge in [-0.05, 0) is 43.4 Å². The summed E-state index contributed by atoms with van der Waals surface area (Å²) in [6, 6.07) is 4.97. The highest BCUT2D eigenvalue weighted by molar-refractivity contribution is 5.31. The van der Waals surface area contributed by atoms with Gasteiger partial charge in [0.2, 0.25) is 0 Å². The fraction of sp³-hybridized carbons (Fsp3) is 0.385. The Bertz CT molecular complexity index is 396. The summed E-state index contributed by atoms with van der Waals surface area (Å²) >= 11 is 0. The summed E-state index contributed by atoms with van der Waals surface area (Å²) in [5.41, 5.74) is 2.23. The van der Waals surface area contributed by atoms with Crippen molar-refractivity contribution in [1.29, 1.82) is 0 Å². The summed E-state index contributed by atoms with van der Waals surface area (Å²) in [6.07, 6.45) is 4.21. The number of hydrogen-bond acceptors (Lipinski definition) is 1.